The second kappa shape index (κ2) is 5.16. The Morgan fingerprint density at radius 2 is 1.72 bits per heavy atom. The number of carbonyl (C=O) groups excluding carboxylic acids is 4. The van der Waals surface area contributed by atoms with Crippen LogP contribution in [0.2, 0.25) is 0 Å². The van der Waals surface area contributed by atoms with Gasteiger partial charge in [0.1, 0.15) is 6.54 Å². The molecule has 1 heterocycles. The van der Waals surface area contributed by atoms with Crippen LogP contribution in [0.1, 0.15) is 33.6 Å². The molecule has 0 bridgehead atoms. The first-order valence-electron chi connectivity index (χ1n) is 5.56. The highest BCUT2D eigenvalue weighted by atomic mass is 16.7. The number of nitrogens with zero attached hydrogens (tertiary/aromatic N) is 1. The molecule has 100 valence electrons. The van der Waals surface area contributed by atoms with Crippen LogP contribution in [-0.4, -0.2) is 35.3 Å². The van der Waals surface area contributed by atoms with Gasteiger partial charge in [-0.2, -0.15) is 0 Å². The first-order chi connectivity index (χ1) is 8.21. The Kier molecular flexibility index (Phi) is 4.05. The number of rotatable bonds is 3. The van der Waals surface area contributed by atoms with Gasteiger partial charge in [-0.1, -0.05) is 20.8 Å². The summed E-state index contributed by atoms with van der Waals surface area (Å²) in [7, 11) is 0. The molecule has 1 N–H and O–H groups in total. The monoisotopic (exact) mass is 256 g/mol. The Balaban J connectivity index is 2.41. The van der Waals surface area contributed by atoms with Gasteiger partial charge in [-0.3, -0.25) is 14.4 Å². The van der Waals surface area contributed by atoms with Gasteiger partial charge >= 0.3 is 5.97 Å². The Morgan fingerprint density at radius 1 is 1.22 bits per heavy atom. The molecule has 1 rings (SSSR count). The molecule has 0 unspecified atom stereocenters. The number of nitrogens with one attached hydrogen (secondary N) is 1. The number of hydroxylamine groups is 2. The van der Waals surface area contributed by atoms with Crippen LogP contribution in [-0.2, 0) is 24.0 Å². The smallest absolute Gasteiger partial charge is 0.345 e. The highest BCUT2D eigenvalue weighted by Crippen LogP contribution is 2.13. The molecule has 0 saturated carbocycles. The lowest BCUT2D eigenvalue weighted by molar-refractivity contribution is -0.196. The minimum atomic E-state index is -0.851. The molecular weight excluding hydrogens is 240 g/mol. The number of hydrogen-bond donors (Lipinski definition) is 1. The highest BCUT2D eigenvalue weighted by Gasteiger charge is 2.33. The van der Waals surface area contributed by atoms with E-state index in [0.717, 1.165) is 0 Å². The van der Waals surface area contributed by atoms with Crippen molar-refractivity contribution in [2.45, 2.75) is 33.6 Å². The standard InChI is InChI=1S/C11H16N2O5/c1-11(2,3)10(17)12-6-9(16)18-13-7(14)4-5-8(13)15/h4-6H2,1-3H3,(H,12,17). The van der Waals surface area contributed by atoms with E-state index in [2.05, 4.69) is 10.2 Å². The van der Waals surface area contributed by atoms with E-state index in [9.17, 15) is 19.2 Å². The molecule has 0 aromatic carbocycles. The average Bonchev–Trinajstić information content (AvgIpc) is 2.56. The number of carbonyl (C=O) groups is 4. The van der Waals surface area contributed by atoms with Gasteiger partial charge in [0.05, 0.1) is 0 Å². The molecule has 7 heteroatoms. The molecule has 0 aromatic rings. The Morgan fingerprint density at radius 3 is 2.17 bits per heavy atom. The van der Waals surface area contributed by atoms with Gasteiger partial charge in [0.15, 0.2) is 0 Å². The zero-order valence-electron chi connectivity index (χ0n) is 10.6. The molecule has 3 amide bonds. The van der Waals surface area contributed by atoms with Gasteiger partial charge in [-0.05, 0) is 0 Å². The van der Waals surface area contributed by atoms with Crippen molar-refractivity contribution in [3.8, 4) is 0 Å². The van der Waals surface area contributed by atoms with Crippen molar-refractivity contribution in [2.75, 3.05) is 6.54 Å². The average molecular weight is 256 g/mol. The van der Waals surface area contributed by atoms with Crippen LogP contribution in [0.15, 0.2) is 0 Å². The predicted octanol–water partition coefficient (Wildman–Crippen LogP) is -0.244. The SMILES string of the molecule is CC(C)(C)C(=O)NCC(=O)ON1C(=O)CCC1=O. The number of hydrogen-bond acceptors (Lipinski definition) is 5. The minimum absolute atomic E-state index is 0.0421. The van der Waals surface area contributed by atoms with Crippen LogP contribution in [0.5, 0.6) is 0 Å². The van der Waals surface area contributed by atoms with E-state index in [1.54, 1.807) is 20.8 Å². The lowest BCUT2D eigenvalue weighted by Gasteiger charge is -2.18. The number of imide groups is 1. The lowest BCUT2D eigenvalue weighted by Crippen LogP contribution is -2.41. The molecule has 1 aliphatic heterocycles. The molecule has 0 aromatic heterocycles. The maximum absolute atomic E-state index is 11.5. The van der Waals surface area contributed by atoms with Gasteiger partial charge in [0, 0.05) is 18.3 Å². The molecule has 0 radical (unpaired) electrons. The van der Waals surface area contributed by atoms with Crippen LogP contribution in [0.3, 0.4) is 0 Å². The van der Waals surface area contributed by atoms with Crippen LogP contribution in [0.4, 0.5) is 0 Å². The Bertz CT molecular complexity index is 381. The predicted molar refractivity (Wildman–Crippen MR) is 59.6 cm³/mol. The molecular formula is C11H16N2O5. The van der Waals surface area contributed by atoms with Gasteiger partial charge in [0.25, 0.3) is 11.8 Å². The summed E-state index contributed by atoms with van der Waals surface area (Å²) in [6, 6.07) is 0. The van der Waals surface area contributed by atoms with E-state index in [-0.39, 0.29) is 25.3 Å². The van der Waals surface area contributed by atoms with Crippen LogP contribution >= 0.6 is 0 Å². The molecule has 0 atom stereocenters. The van der Waals surface area contributed by atoms with Crippen molar-refractivity contribution in [2.24, 2.45) is 5.41 Å². The van der Waals surface area contributed by atoms with Gasteiger partial charge in [0.2, 0.25) is 5.91 Å². The third kappa shape index (κ3) is 3.54. The van der Waals surface area contributed by atoms with Crippen molar-refractivity contribution >= 4 is 23.7 Å². The molecule has 7 nitrogen and oxygen atoms in total. The number of amides is 3. The van der Waals surface area contributed by atoms with Gasteiger partial charge < -0.3 is 10.2 Å². The van der Waals surface area contributed by atoms with Crippen LogP contribution in [0.25, 0.3) is 0 Å². The summed E-state index contributed by atoms with van der Waals surface area (Å²) >= 11 is 0. The summed E-state index contributed by atoms with van der Waals surface area (Å²) in [6.07, 6.45) is 0.0843. The van der Waals surface area contributed by atoms with E-state index in [1.807, 2.05) is 0 Å². The molecule has 1 fully saturated rings. The minimum Gasteiger partial charge on any atom is -0.345 e. The molecule has 0 spiro atoms. The van der Waals surface area contributed by atoms with Crippen LogP contribution in [0, 0.1) is 5.41 Å². The van der Waals surface area contributed by atoms with Crippen LogP contribution < -0.4 is 5.32 Å². The van der Waals surface area contributed by atoms with Gasteiger partial charge in [-0.25, -0.2) is 4.79 Å². The topological polar surface area (TPSA) is 92.8 Å². The van der Waals surface area contributed by atoms with Crippen molar-refractivity contribution in [1.82, 2.24) is 10.4 Å². The van der Waals surface area contributed by atoms with Crippen molar-refractivity contribution in [3.63, 3.8) is 0 Å². The first-order valence-corrected chi connectivity index (χ1v) is 5.56. The normalized spacial score (nSPS) is 15.8. The zero-order valence-corrected chi connectivity index (χ0v) is 10.6. The molecule has 1 aliphatic rings. The Hall–Kier alpha value is -1.92. The van der Waals surface area contributed by atoms with E-state index in [1.165, 1.54) is 0 Å². The maximum atomic E-state index is 11.5. The van der Waals surface area contributed by atoms with E-state index in [0.29, 0.717) is 5.06 Å². The first kappa shape index (κ1) is 14.1. The van der Waals surface area contributed by atoms with Crippen molar-refractivity contribution in [3.05, 3.63) is 0 Å². The summed E-state index contributed by atoms with van der Waals surface area (Å²) in [5, 5.41) is 2.81. The third-order valence-corrected chi connectivity index (χ3v) is 2.27. The summed E-state index contributed by atoms with van der Waals surface area (Å²) in [6.45, 7) is 4.71. The Labute approximate surface area is 104 Å². The fourth-order valence-corrected chi connectivity index (χ4v) is 1.21. The largest absolute Gasteiger partial charge is 0.352 e. The maximum Gasteiger partial charge on any atom is 0.352 e. The zero-order chi connectivity index (χ0) is 13.9. The second-order valence-electron chi connectivity index (χ2n) is 4.98. The second-order valence-corrected chi connectivity index (χ2v) is 4.98. The lowest BCUT2D eigenvalue weighted by atomic mass is 9.96. The van der Waals surface area contributed by atoms with E-state index in [4.69, 9.17) is 0 Å². The molecule has 0 aliphatic carbocycles. The summed E-state index contributed by atoms with van der Waals surface area (Å²) in [4.78, 5) is 49.7. The van der Waals surface area contributed by atoms with Crippen molar-refractivity contribution in [1.29, 1.82) is 0 Å². The van der Waals surface area contributed by atoms with E-state index >= 15 is 0 Å². The summed E-state index contributed by atoms with van der Waals surface area (Å²) in [5.74, 6) is -2.26. The quantitative estimate of drug-likeness (QED) is 0.703. The third-order valence-electron chi connectivity index (χ3n) is 2.27. The molecule has 1 saturated heterocycles. The molecule has 18 heavy (non-hydrogen) atoms. The summed E-state index contributed by atoms with van der Waals surface area (Å²) < 4.78 is 0. The fourth-order valence-electron chi connectivity index (χ4n) is 1.21. The fraction of sp³-hybridized carbons (Fsp3) is 0.636. The van der Waals surface area contributed by atoms with Crippen molar-refractivity contribution < 1.29 is 24.0 Å². The highest BCUT2D eigenvalue weighted by molar-refractivity contribution is 6.01. The van der Waals surface area contributed by atoms with E-state index < -0.39 is 23.2 Å². The van der Waals surface area contributed by atoms with Gasteiger partial charge in [-0.15, -0.1) is 5.06 Å². The summed E-state index contributed by atoms with van der Waals surface area (Å²) in [5.41, 5.74) is -0.625.